The Balaban J connectivity index is 2.24. The molecule has 1 aromatic carbocycles. The van der Waals surface area contributed by atoms with Crippen molar-refractivity contribution in [2.24, 2.45) is 11.1 Å². The van der Waals surface area contributed by atoms with Crippen molar-refractivity contribution < 1.29 is 14.3 Å². The summed E-state index contributed by atoms with van der Waals surface area (Å²) in [4.78, 5) is 14.7. The van der Waals surface area contributed by atoms with Crippen LogP contribution in [0.25, 0.3) is 0 Å². The fraction of sp³-hybridized carbons (Fsp3) is 0.556. The molecule has 0 radical (unpaired) electrons. The van der Waals surface area contributed by atoms with Crippen molar-refractivity contribution in [1.82, 2.24) is 4.90 Å². The maximum atomic E-state index is 13.0. The average Bonchev–Trinajstić information content (AvgIpc) is 2.61. The molecule has 1 aliphatic heterocycles. The smallest absolute Gasteiger partial charge is 0.257 e. The summed E-state index contributed by atoms with van der Waals surface area (Å²) in [6.45, 7) is 3.97. The number of nitrogens with two attached hydrogens (primary N) is 1. The summed E-state index contributed by atoms with van der Waals surface area (Å²) in [7, 11) is 1.56. The van der Waals surface area contributed by atoms with E-state index in [0.29, 0.717) is 43.3 Å². The van der Waals surface area contributed by atoms with Gasteiger partial charge in [0.2, 0.25) is 0 Å². The van der Waals surface area contributed by atoms with Gasteiger partial charge in [0.05, 0.1) is 30.8 Å². The average molecular weight is 331 g/mol. The minimum atomic E-state index is -0.493. The standard InChI is InChI=1S/C18H25N3O3/c1-18(12-20)7-3-9-21(13-18)17(22)15-11-14(23-2)5-6-16(15)24-10-4-8-19/h5-6,11H,3-4,7-10,13,19H2,1-2H3/t18-/m1/s1. The fourth-order valence-corrected chi connectivity index (χ4v) is 2.87. The minimum Gasteiger partial charge on any atom is -0.497 e. The van der Waals surface area contributed by atoms with Gasteiger partial charge in [-0.25, -0.2) is 0 Å². The van der Waals surface area contributed by atoms with E-state index < -0.39 is 5.41 Å². The molecule has 6 nitrogen and oxygen atoms in total. The number of piperidine rings is 1. The highest BCUT2D eigenvalue weighted by Crippen LogP contribution is 2.32. The normalized spacial score (nSPS) is 20.3. The van der Waals surface area contributed by atoms with Crippen molar-refractivity contribution in [3.63, 3.8) is 0 Å². The van der Waals surface area contributed by atoms with Crippen LogP contribution >= 0.6 is 0 Å². The second-order valence-electron chi connectivity index (χ2n) is 6.36. The van der Waals surface area contributed by atoms with Gasteiger partial charge in [0, 0.05) is 13.1 Å². The number of methoxy groups -OCH3 is 1. The number of carbonyl (C=O) groups is 1. The number of benzene rings is 1. The number of amides is 1. The SMILES string of the molecule is COc1ccc(OCCCN)c(C(=O)N2CCC[C@](C)(C#N)C2)c1. The highest BCUT2D eigenvalue weighted by molar-refractivity contribution is 5.97. The lowest BCUT2D eigenvalue weighted by atomic mass is 9.83. The maximum Gasteiger partial charge on any atom is 0.257 e. The molecular weight excluding hydrogens is 306 g/mol. The van der Waals surface area contributed by atoms with E-state index in [9.17, 15) is 10.1 Å². The quantitative estimate of drug-likeness (QED) is 0.807. The lowest BCUT2D eigenvalue weighted by Gasteiger charge is -2.36. The molecule has 1 fully saturated rings. The van der Waals surface area contributed by atoms with Crippen LogP contribution in [-0.2, 0) is 0 Å². The Morgan fingerprint density at radius 1 is 1.50 bits per heavy atom. The Kier molecular flexibility index (Phi) is 6.04. The predicted molar refractivity (Wildman–Crippen MR) is 91.0 cm³/mol. The molecule has 0 aliphatic carbocycles. The molecule has 0 bridgehead atoms. The molecule has 0 spiro atoms. The highest BCUT2D eigenvalue weighted by Gasteiger charge is 2.34. The second-order valence-corrected chi connectivity index (χ2v) is 6.36. The monoisotopic (exact) mass is 331 g/mol. The molecule has 0 unspecified atom stereocenters. The van der Waals surface area contributed by atoms with Crippen molar-refractivity contribution in [3.05, 3.63) is 23.8 Å². The third-order valence-electron chi connectivity index (χ3n) is 4.28. The molecule has 1 atom stereocenters. The maximum absolute atomic E-state index is 13.0. The van der Waals surface area contributed by atoms with E-state index in [0.717, 1.165) is 19.3 Å². The number of hydrogen-bond donors (Lipinski definition) is 1. The van der Waals surface area contributed by atoms with E-state index in [2.05, 4.69) is 6.07 Å². The van der Waals surface area contributed by atoms with Crippen LogP contribution in [0.4, 0.5) is 0 Å². The highest BCUT2D eigenvalue weighted by atomic mass is 16.5. The van der Waals surface area contributed by atoms with Crippen molar-refractivity contribution in [2.75, 3.05) is 33.4 Å². The number of hydrogen-bond acceptors (Lipinski definition) is 5. The molecule has 2 rings (SSSR count). The summed E-state index contributed by atoms with van der Waals surface area (Å²) < 4.78 is 11.0. The number of nitriles is 1. The second kappa shape index (κ2) is 8.02. The molecule has 6 heteroatoms. The van der Waals surface area contributed by atoms with Gasteiger partial charge < -0.3 is 20.1 Å². The fourth-order valence-electron chi connectivity index (χ4n) is 2.87. The van der Waals surface area contributed by atoms with Crippen molar-refractivity contribution >= 4 is 5.91 Å². The van der Waals surface area contributed by atoms with Crippen molar-refractivity contribution in [2.45, 2.75) is 26.2 Å². The number of carbonyl (C=O) groups excluding carboxylic acids is 1. The van der Waals surface area contributed by atoms with Crippen molar-refractivity contribution in [3.8, 4) is 17.6 Å². The largest absolute Gasteiger partial charge is 0.497 e. The van der Waals surface area contributed by atoms with Crippen LogP contribution in [0.2, 0.25) is 0 Å². The molecule has 130 valence electrons. The number of ether oxygens (including phenoxy) is 2. The van der Waals surface area contributed by atoms with Gasteiger partial charge in [0.1, 0.15) is 11.5 Å². The predicted octanol–water partition coefficient (Wildman–Crippen LogP) is 2.19. The van der Waals surface area contributed by atoms with Crippen LogP contribution in [0.15, 0.2) is 18.2 Å². The molecule has 2 N–H and O–H groups in total. The van der Waals surface area contributed by atoms with E-state index in [1.54, 1.807) is 30.2 Å². The van der Waals surface area contributed by atoms with Crippen LogP contribution in [0, 0.1) is 16.7 Å². The molecular formula is C18H25N3O3. The van der Waals surface area contributed by atoms with E-state index >= 15 is 0 Å². The van der Waals surface area contributed by atoms with Gasteiger partial charge in [-0.1, -0.05) is 0 Å². The topological polar surface area (TPSA) is 88.6 Å². The third kappa shape index (κ3) is 4.18. The first-order chi connectivity index (χ1) is 11.5. The number of likely N-dealkylation sites (tertiary alicyclic amines) is 1. The van der Waals surface area contributed by atoms with Gasteiger partial charge >= 0.3 is 0 Å². The summed E-state index contributed by atoms with van der Waals surface area (Å²) in [6, 6.07) is 7.54. The Labute approximate surface area is 143 Å². The number of rotatable bonds is 6. The first kappa shape index (κ1) is 18.1. The van der Waals surface area contributed by atoms with Gasteiger partial charge in [-0.2, -0.15) is 5.26 Å². The molecule has 1 aliphatic rings. The van der Waals surface area contributed by atoms with E-state index in [4.69, 9.17) is 15.2 Å². The van der Waals surface area contributed by atoms with Crippen LogP contribution in [0.1, 0.15) is 36.5 Å². The first-order valence-corrected chi connectivity index (χ1v) is 8.24. The Bertz CT molecular complexity index is 626. The molecule has 1 aromatic rings. The van der Waals surface area contributed by atoms with Crippen LogP contribution in [0.5, 0.6) is 11.5 Å². The Hall–Kier alpha value is -2.26. The van der Waals surface area contributed by atoms with Crippen molar-refractivity contribution in [1.29, 1.82) is 5.26 Å². The minimum absolute atomic E-state index is 0.127. The molecule has 1 saturated heterocycles. The van der Waals surface area contributed by atoms with Gasteiger partial charge in [-0.15, -0.1) is 0 Å². The zero-order chi connectivity index (χ0) is 17.6. The summed E-state index contributed by atoms with van der Waals surface area (Å²) in [6.07, 6.45) is 2.35. The first-order valence-electron chi connectivity index (χ1n) is 8.24. The zero-order valence-corrected chi connectivity index (χ0v) is 14.4. The van der Waals surface area contributed by atoms with Gasteiger partial charge in [-0.3, -0.25) is 4.79 Å². The molecule has 1 amide bonds. The molecule has 1 heterocycles. The summed E-state index contributed by atoms with van der Waals surface area (Å²) >= 11 is 0. The summed E-state index contributed by atoms with van der Waals surface area (Å²) in [5.74, 6) is 1.00. The lowest BCUT2D eigenvalue weighted by molar-refractivity contribution is 0.0625. The van der Waals surface area contributed by atoms with Gasteiger partial charge in [-0.05, 0) is 50.9 Å². The van der Waals surface area contributed by atoms with Gasteiger partial charge in [0.15, 0.2) is 0 Å². The Morgan fingerprint density at radius 3 is 2.96 bits per heavy atom. The van der Waals surface area contributed by atoms with Crippen LogP contribution < -0.4 is 15.2 Å². The zero-order valence-electron chi connectivity index (χ0n) is 14.4. The molecule has 24 heavy (non-hydrogen) atoms. The van der Waals surface area contributed by atoms with E-state index in [1.807, 2.05) is 6.92 Å². The van der Waals surface area contributed by atoms with Crippen LogP contribution in [-0.4, -0.2) is 44.2 Å². The summed E-state index contributed by atoms with van der Waals surface area (Å²) in [5, 5.41) is 9.36. The molecule has 0 saturated carbocycles. The Morgan fingerprint density at radius 2 is 2.29 bits per heavy atom. The third-order valence-corrected chi connectivity index (χ3v) is 4.28. The van der Waals surface area contributed by atoms with E-state index in [1.165, 1.54) is 0 Å². The lowest BCUT2D eigenvalue weighted by Crippen LogP contribution is -2.44. The summed E-state index contributed by atoms with van der Waals surface area (Å²) in [5.41, 5.74) is 5.47. The van der Waals surface area contributed by atoms with Gasteiger partial charge in [0.25, 0.3) is 5.91 Å². The molecule has 0 aromatic heterocycles. The number of nitrogens with zero attached hydrogens (tertiary/aromatic N) is 2. The van der Waals surface area contributed by atoms with E-state index in [-0.39, 0.29) is 5.91 Å². The van der Waals surface area contributed by atoms with Crippen LogP contribution in [0.3, 0.4) is 0 Å².